The standard InChI is InChI=1S/C8H8BNO3/c1-13-8(11)5-3-2-4-6(10-12)7(5)9/h2-4H,9H2,1H3. The fourth-order valence-electron chi connectivity index (χ4n) is 1.05. The maximum absolute atomic E-state index is 11.1. The second-order valence-electron chi connectivity index (χ2n) is 2.53. The molecular weight excluding hydrogens is 169 g/mol. The number of rotatable bonds is 2. The molecule has 0 saturated carbocycles. The fraction of sp³-hybridized carbons (Fsp3) is 0.125. The quantitative estimate of drug-likeness (QED) is 0.366. The van der Waals surface area contributed by atoms with E-state index in [1.54, 1.807) is 26.0 Å². The van der Waals surface area contributed by atoms with E-state index in [0.717, 1.165) is 0 Å². The van der Waals surface area contributed by atoms with Crippen LogP contribution in [0, 0.1) is 4.91 Å². The maximum Gasteiger partial charge on any atom is 0.337 e. The van der Waals surface area contributed by atoms with Gasteiger partial charge < -0.3 is 4.74 Å². The third-order valence-electron chi connectivity index (χ3n) is 1.81. The molecule has 1 aromatic carbocycles. The van der Waals surface area contributed by atoms with Crippen LogP contribution in [0.4, 0.5) is 5.69 Å². The largest absolute Gasteiger partial charge is 0.465 e. The van der Waals surface area contributed by atoms with Gasteiger partial charge in [-0.3, -0.25) is 0 Å². The van der Waals surface area contributed by atoms with Crippen LogP contribution in [0.2, 0.25) is 0 Å². The van der Waals surface area contributed by atoms with E-state index in [1.807, 2.05) is 0 Å². The summed E-state index contributed by atoms with van der Waals surface area (Å²) in [6.07, 6.45) is 0. The van der Waals surface area contributed by atoms with Gasteiger partial charge in [0, 0.05) is 0 Å². The van der Waals surface area contributed by atoms with Crippen LogP contribution in [-0.2, 0) is 4.74 Å². The Balaban J connectivity index is 3.23. The summed E-state index contributed by atoms with van der Waals surface area (Å²) in [5.41, 5.74) is 1.19. The van der Waals surface area contributed by atoms with E-state index in [4.69, 9.17) is 0 Å². The van der Waals surface area contributed by atoms with Crippen molar-refractivity contribution in [2.75, 3.05) is 7.11 Å². The van der Waals surface area contributed by atoms with Crippen LogP contribution in [0.25, 0.3) is 0 Å². The van der Waals surface area contributed by atoms with Crippen LogP contribution in [0.5, 0.6) is 0 Å². The summed E-state index contributed by atoms with van der Waals surface area (Å²) in [5, 5.41) is 2.79. The molecule has 0 unspecified atom stereocenters. The summed E-state index contributed by atoms with van der Waals surface area (Å²) in [6, 6.07) is 4.74. The lowest BCUT2D eigenvalue weighted by atomic mass is 9.89. The predicted octanol–water partition coefficient (Wildman–Crippen LogP) is 0.129. The molecule has 0 aliphatic rings. The molecule has 0 bridgehead atoms. The molecule has 0 spiro atoms. The summed E-state index contributed by atoms with van der Waals surface area (Å²) in [6.45, 7) is 0. The second-order valence-corrected chi connectivity index (χ2v) is 2.53. The van der Waals surface area contributed by atoms with Crippen molar-refractivity contribution in [1.29, 1.82) is 0 Å². The molecular formula is C8H8BNO3. The van der Waals surface area contributed by atoms with Gasteiger partial charge in [-0.1, -0.05) is 6.07 Å². The molecule has 0 aromatic heterocycles. The Bertz CT molecular complexity index is 351. The van der Waals surface area contributed by atoms with E-state index in [0.29, 0.717) is 11.0 Å². The highest BCUT2D eigenvalue weighted by atomic mass is 16.5. The van der Waals surface area contributed by atoms with Gasteiger partial charge in [0.25, 0.3) is 0 Å². The fourth-order valence-corrected chi connectivity index (χ4v) is 1.05. The highest BCUT2D eigenvalue weighted by molar-refractivity contribution is 6.39. The molecule has 0 saturated heterocycles. The van der Waals surface area contributed by atoms with E-state index < -0.39 is 5.97 Å². The second kappa shape index (κ2) is 3.84. The van der Waals surface area contributed by atoms with Gasteiger partial charge in [0.2, 0.25) is 0 Å². The Labute approximate surface area is 76.3 Å². The van der Waals surface area contributed by atoms with Gasteiger partial charge in [0.1, 0.15) is 13.5 Å². The van der Waals surface area contributed by atoms with Gasteiger partial charge in [-0.25, -0.2) is 4.79 Å². The molecule has 0 fully saturated rings. The normalized spacial score (nSPS) is 9.31. The summed E-state index contributed by atoms with van der Waals surface area (Å²) in [4.78, 5) is 21.4. The summed E-state index contributed by atoms with van der Waals surface area (Å²) >= 11 is 0. The monoisotopic (exact) mass is 177 g/mol. The van der Waals surface area contributed by atoms with Crippen LogP contribution >= 0.6 is 0 Å². The number of ether oxygens (including phenoxy) is 1. The van der Waals surface area contributed by atoms with Gasteiger partial charge in [0.05, 0.1) is 12.7 Å². The maximum atomic E-state index is 11.1. The van der Waals surface area contributed by atoms with Gasteiger partial charge in [0.15, 0.2) is 0 Å². The zero-order valence-corrected chi connectivity index (χ0v) is 7.40. The highest BCUT2D eigenvalue weighted by Gasteiger charge is 2.11. The number of esters is 1. The summed E-state index contributed by atoms with van der Waals surface area (Å²) < 4.78 is 4.53. The van der Waals surface area contributed by atoms with E-state index in [1.165, 1.54) is 7.11 Å². The Kier molecular flexibility index (Phi) is 2.79. The van der Waals surface area contributed by atoms with E-state index in [2.05, 4.69) is 9.91 Å². The van der Waals surface area contributed by atoms with Gasteiger partial charge in [-0.15, -0.1) is 4.91 Å². The van der Waals surface area contributed by atoms with Crippen molar-refractivity contribution in [2.24, 2.45) is 5.18 Å². The molecule has 0 aliphatic heterocycles. The van der Waals surface area contributed by atoms with Crippen molar-refractivity contribution in [3.8, 4) is 0 Å². The Hall–Kier alpha value is -1.65. The average Bonchev–Trinajstić information content (AvgIpc) is 2.17. The van der Waals surface area contributed by atoms with E-state index in [9.17, 15) is 9.70 Å². The first-order valence-electron chi connectivity index (χ1n) is 3.72. The first-order valence-corrected chi connectivity index (χ1v) is 3.72. The van der Waals surface area contributed by atoms with Gasteiger partial charge in [-0.2, -0.15) is 0 Å². The SMILES string of the molecule is Bc1c(N=O)cccc1C(=O)OC. The number of nitrogens with zero attached hydrogens (tertiary/aromatic N) is 1. The molecule has 0 aliphatic carbocycles. The third-order valence-corrected chi connectivity index (χ3v) is 1.81. The van der Waals surface area contributed by atoms with Crippen LogP contribution in [0.3, 0.4) is 0 Å². The molecule has 5 heteroatoms. The van der Waals surface area contributed by atoms with Crippen molar-refractivity contribution in [3.05, 3.63) is 28.7 Å². The van der Waals surface area contributed by atoms with Crippen molar-refractivity contribution < 1.29 is 9.53 Å². The first-order chi connectivity index (χ1) is 6.20. The molecule has 0 amide bonds. The Morgan fingerprint density at radius 3 is 2.77 bits per heavy atom. The zero-order chi connectivity index (χ0) is 9.84. The topological polar surface area (TPSA) is 55.7 Å². The minimum Gasteiger partial charge on any atom is -0.465 e. The van der Waals surface area contributed by atoms with E-state index >= 15 is 0 Å². The van der Waals surface area contributed by atoms with Crippen LogP contribution in [0.1, 0.15) is 10.4 Å². The average molecular weight is 177 g/mol. The Morgan fingerprint density at radius 1 is 1.54 bits per heavy atom. The van der Waals surface area contributed by atoms with Gasteiger partial charge in [-0.05, 0) is 22.8 Å². The lowest BCUT2D eigenvalue weighted by molar-refractivity contribution is 0.0602. The van der Waals surface area contributed by atoms with E-state index in [-0.39, 0.29) is 5.69 Å². The highest BCUT2D eigenvalue weighted by Crippen LogP contribution is 2.09. The minimum atomic E-state index is -0.456. The van der Waals surface area contributed by atoms with Crippen molar-refractivity contribution >= 4 is 25.0 Å². The number of benzene rings is 1. The smallest absolute Gasteiger partial charge is 0.337 e. The zero-order valence-electron chi connectivity index (χ0n) is 7.40. The molecule has 0 N–H and O–H groups in total. The van der Waals surface area contributed by atoms with Gasteiger partial charge >= 0.3 is 5.97 Å². The van der Waals surface area contributed by atoms with Crippen LogP contribution in [0.15, 0.2) is 23.4 Å². The molecule has 4 nitrogen and oxygen atoms in total. The lowest BCUT2D eigenvalue weighted by Crippen LogP contribution is -2.17. The van der Waals surface area contributed by atoms with Crippen molar-refractivity contribution in [2.45, 2.75) is 0 Å². The molecule has 1 rings (SSSR count). The third kappa shape index (κ3) is 1.74. The number of hydrogen-bond donors (Lipinski definition) is 0. The minimum absolute atomic E-state index is 0.267. The molecule has 1 aromatic rings. The molecule has 13 heavy (non-hydrogen) atoms. The number of methoxy groups -OCH3 is 1. The molecule has 0 atom stereocenters. The predicted molar refractivity (Wildman–Crippen MR) is 51.4 cm³/mol. The van der Waals surface area contributed by atoms with Crippen molar-refractivity contribution in [3.63, 3.8) is 0 Å². The van der Waals surface area contributed by atoms with Crippen LogP contribution in [-0.4, -0.2) is 20.9 Å². The molecule has 66 valence electrons. The number of nitroso groups, excluding NO2 is 1. The molecule has 0 heterocycles. The van der Waals surface area contributed by atoms with Crippen LogP contribution < -0.4 is 5.46 Å². The number of carbonyl (C=O) groups is 1. The first kappa shape index (κ1) is 9.44. The molecule has 0 radical (unpaired) electrons. The Morgan fingerprint density at radius 2 is 2.23 bits per heavy atom. The number of carbonyl (C=O) groups excluding carboxylic acids is 1. The van der Waals surface area contributed by atoms with Crippen molar-refractivity contribution in [1.82, 2.24) is 0 Å². The lowest BCUT2D eigenvalue weighted by Gasteiger charge is -2.03. The summed E-state index contributed by atoms with van der Waals surface area (Å²) in [5.74, 6) is -0.456. The summed E-state index contributed by atoms with van der Waals surface area (Å²) in [7, 11) is 2.95. The number of hydrogen-bond acceptors (Lipinski definition) is 4.